The average molecular weight is 430 g/mol. The van der Waals surface area contributed by atoms with E-state index in [2.05, 4.69) is 51.5 Å². The minimum atomic E-state index is -0.199. The lowest BCUT2D eigenvalue weighted by molar-refractivity contribution is -0.121. The number of hydrogen-bond donors (Lipinski definition) is 1. The number of carbonyl (C=O) groups excluding carboxylic acids is 1. The molecule has 3 aromatic rings. The van der Waals surface area contributed by atoms with Gasteiger partial charge >= 0.3 is 0 Å². The molecule has 0 unspecified atom stereocenters. The maximum Gasteiger partial charge on any atom is 0.220 e. The van der Waals surface area contributed by atoms with Gasteiger partial charge in [0.2, 0.25) is 5.91 Å². The highest BCUT2D eigenvalue weighted by Crippen LogP contribution is 2.43. The number of anilines is 1. The highest BCUT2D eigenvalue weighted by Gasteiger charge is 2.29. The van der Waals surface area contributed by atoms with Gasteiger partial charge in [-0.05, 0) is 59.5 Å². The van der Waals surface area contributed by atoms with Crippen LogP contribution < -0.4 is 10.2 Å². The van der Waals surface area contributed by atoms with Crippen LogP contribution in [-0.2, 0) is 4.79 Å². The van der Waals surface area contributed by atoms with Crippen molar-refractivity contribution in [3.8, 4) is 11.1 Å². The van der Waals surface area contributed by atoms with Crippen LogP contribution in [0.25, 0.3) is 11.1 Å². The van der Waals surface area contributed by atoms with Crippen molar-refractivity contribution >= 4 is 11.6 Å². The number of fused-ring (bicyclic) bond motifs is 3. The third-order valence-electron chi connectivity index (χ3n) is 6.58. The molecule has 0 aromatic heterocycles. The quantitative estimate of drug-likeness (QED) is 0.621. The maximum absolute atomic E-state index is 13.1. The average Bonchev–Trinajstić information content (AvgIpc) is 3.14. The molecule has 1 amide bonds. The van der Waals surface area contributed by atoms with Crippen LogP contribution >= 0.6 is 0 Å². The van der Waals surface area contributed by atoms with E-state index in [9.17, 15) is 9.18 Å². The molecule has 0 saturated carbocycles. The molecule has 1 N–H and O–H groups in total. The number of hydrogen-bond acceptors (Lipinski definition) is 3. The molecule has 1 aliphatic carbocycles. The van der Waals surface area contributed by atoms with Gasteiger partial charge in [-0.2, -0.15) is 0 Å². The first kappa shape index (κ1) is 20.7. The molecule has 1 aliphatic heterocycles. The van der Waals surface area contributed by atoms with Crippen molar-refractivity contribution < 1.29 is 9.18 Å². The SMILES string of the molecule is O=C(CCCN1CCN(c2ccc(F)cc2)CC1)NC1c2ccccc2-c2ccccc21. The van der Waals surface area contributed by atoms with Crippen LogP contribution in [-0.4, -0.2) is 43.5 Å². The van der Waals surface area contributed by atoms with Crippen LogP contribution in [0.2, 0.25) is 0 Å². The highest BCUT2D eigenvalue weighted by molar-refractivity contribution is 5.83. The Kier molecular flexibility index (Phi) is 5.91. The second kappa shape index (κ2) is 9.13. The van der Waals surface area contributed by atoms with Gasteiger partial charge in [-0.25, -0.2) is 4.39 Å². The second-order valence-electron chi connectivity index (χ2n) is 8.58. The van der Waals surface area contributed by atoms with Gasteiger partial charge in [0.15, 0.2) is 0 Å². The Morgan fingerprint density at radius 1 is 0.844 bits per heavy atom. The normalized spacial score (nSPS) is 16.0. The van der Waals surface area contributed by atoms with Crippen LogP contribution in [0.3, 0.4) is 0 Å². The molecule has 4 nitrogen and oxygen atoms in total. The van der Waals surface area contributed by atoms with Gasteiger partial charge in [0, 0.05) is 38.3 Å². The summed E-state index contributed by atoms with van der Waals surface area (Å²) >= 11 is 0. The van der Waals surface area contributed by atoms with E-state index in [0.717, 1.165) is 44.8 Å². The Balaban J connectivity index is 1.11. The van der Waals surface area contributed by atoms with Gasteiger partial charge in [-0.3, -0.25) is 9.69 Å². The Morgan fingerprint density at radius 3 is 2.06 bits per heavy atom. The van der Waals surface area contributed by atoms with E-state index in [1.54, 1.807) is 0 Å². The van der Waals surface area contributed by atoms with Crippen LogP contribution in [0.1, 0.15) is 30.0 Å². The first-order valence-corrected chi connectivity index (χ1v) is 11.4. The van der Waals surface area contributed by atoms with E-state index in [-0.39, 0.29) is 17.8 Å². The molecule has 164 valence electrons. The number of halogens is 1. The lowest BCUT2D eigenvalue weighted by Gasteiger charge is -2.36. The van der Waals surface area contributed by atoms with Crippen molar-refractivity contribution in [3.05, 3.63) is 89.7 Å². The van der Waals surface area contributed by atoms with Crippen LogP contribution in [0.15, 0.2) is 72.8 Å². The zero-order valence-electron chi connectivity index (χ0n) is 18.1. The molecule has 5 heteroatoms. The summed E-state index contributed by atoms with van der Waals surface area (Å²) in [4.78, 5) is 17.5. The zero-order chi connectivity index (χ0) is 21.9. The molecule has 0 radical (unpaired) electrons. The Morgan fingerprint density at radius 2 is 1.44 bits per heavy atom. The molecule has 1 saturated heterocycles. The summed E-state index contributed by atoms with van der Waals surface area (Å²) in [6, 6.07) is 23.3. The lowest BCUT2D eigenvalue weighted by Crippen LogP contribution is -2.46. The molecule has 0 spiro atoms. The first-order chi connectivity index (χ1) is 15.7. The van der Waals surface area contributed by atoms with Crippen LogP contribution in [0.4, 0.5) is 10.1 Å². The third-order valence-corrected chi connectivity index (χ3v) is 6.58. The summed E-state index contributed by atoms with van der Waals surface area (Å²) in [6.45, 7) is 4.69. The number of nitrogens with zero attached hydrogens (tertiary/aromatic N) is 2. The predicted octanol–water partition coefficient (Wildman–Crippen LogP) is 4.61. The number of rotatable bonds is 6. The van der Waals surface area contributed by atoms with Gasteiger partial charge in [-0.1, -0.05) is 48.5 Å². The van der Waals surface area contributed by atoms with Crippen LogP contribution in [0.5, 0.6) is 0 Å². The molecular weight excluding hydrogens is 401 g/mol. The smallest absolute Gasteiger partial charge is 0.220 e. The molecule has 0 atom stereocenters. The van der Waals surface area contributed by atoms with Crippen molar-refractivity contribution in [3.63, 3.8) is 0 Å². The van der Waals surface area contributed by atoms with E-state index in [4.69, 9.17) is 0 Å². The minimum Gasteiger partial charge on any atom is -0.369 e. The summed E-state index contributed by atoms with van der Waals surface area (Å²) in [5, 5.41) is 3.27. The van der Waals surface area contributed by atoms with Crippen molar-refractivity contribution in [1.82, 2.24) is 10.2 Å². The fourth-order valence-corrected chi connectivity index (χ4v) is 4.89. The van der Waals surface area contributed by atoms with E-state index in [0.29, 0.717) is 6.42 Å². The second-order valence-corrected chi connectivity index (χ2v) is 8.58. The molecule has 0 bridgehead atoms. The Labute approximate surface area is 188 Å². The van der Waals surface area contributed by atoms with Gasteiger partial charge in [0.05, 0.1) is 6.04 Å². The number of nitrogens with one attached hydrogen (secondary N) is 1. The van der Waals surface area contributed by atoms with Crippen LogP contribution in [0, 0.1) is 5.82 Å². The number of carbonyl (C=O) groups is 1. The van der Waals surface area contributed by atoms with E-state index in [1.807, 2.05) is 24.3 Å². The lowest BCUT2D eigenvalue weighted by atomic mass is 10.1. The fraction of sp³-hybridized carbons (Fsp3) is 0.296. The van der Waals surface area contributed by atoms with Gasteiger partial charge in [-0.15, -0.1) is 0 Å². The zero-order valence-corrected chi connectivity index (χ0v) is 18.1. The number of benzene rings is 3. The molecule has 1 heterocycles. The third kappa shape index (κ3) is 4.26. The molecule has 3 aromatic carbocycles. The minimum absolute atomic E-state index is 0.0610. The molecular formula is C27H28FN3O. The summed E-state index contributed by atoms with van der Waals surface area (Å²) in [5.41, 5.74) is 5.86. The number of amides is 1. The van der Waals surface area contributed by atoms with E-state index >= 15 is 0 Å². The van der Waals surface area contributed by atoms with Gasteiger partial charge < -0.3 is 10.2 Å². The van der Waals surface area contributed by atoms with Crippen molar-refractivity contribution in [1.29, 1.82) is 0 Å². The summed E-state index contributed by atoms with van der Waals surface area (Å²) in [6.07, 6.45) is 1.37. The highest BCUT2D eigenvalue weighted by atomic mass is 19.1. The van der Waals surface area contributed by atoms with Crippen molar-refractivity contribution in [2.75, 3.05) is 37.6 Å². The predicted molar refractivity (Wildman–Crippen MR) is 126 cm³/mol. The summed E-state index contributed by atoms with van der Waals surface area (Å²) in [5.74, 6) is -0.0957. The van der Waals surface area contributed by atoms with Gasteiger partial charge in [0.25, 0.3) is 0 Å². The summed E-state index contributed by atoms with van der Waals surface area (Å²) < 4.78 is 13.1. The Hall–Kier alpha value is -3.18. The molecule has 32 heavy (non-hydrogen) atoms. The largest absolute Gasteiger partial charge is 0.369 e. The van der Waals surface area contributed by atoms with E-state index < -0.39 is 0 Å². The van der Waals surface area contributed by atoms with Gasteiger partial charge in [0.1, 0.15) is 5.82 Å². The summed E-state index contributed by atoms with van der Waals surface area (Å²) in [7, 11) is 0. The van der Waals surface area contributed by atoms with Crippen molar-refractivity contribution in [2.24, 2.45) is 0 Å². The monoisotopic (exact) mass is 429 g/mol. The molecule has 5 rings (SSSR count). The Bertz CT molecular complexity index is 1040. The molecule has 1 fully saturated rings. The fourth-order valence-electron chi connectivity index (χ4n) is 4.89. The topological polar surface area (TPSA) is 35.6 Å². The molecule has 2 aliphatic rings. The maximum atomic E-state index is 13.1. The van der Waals surface area contributed by atoms with E-state index in [1.165, 1.54) is 34.4 Å². The standard InChI is InChI=1S/C27H28FN3O/c28-20-11-13-21(14-12-20)31-18-16-30(17-19-31)15-5-10-26(32)29-27-24-8-3-1-6-22(24)23-7-2-4-9-25(23)27/h1-4,6-9,11-14,27H,5,10,15-19H2,(H,29,32). The first-order valence-electron chi connectivity index (χ1n) is 11.4. The number of piperazine rings is 1. The van der Waals surface area contributed by atoms with Crippen molar-refractivity contribution in [2.45, 2.75) is 18.9 Å².